The van der Waals surface area contributed by atoms with Crippen LogP contribution in [0.5, 0.6) is 0 Å². The van der Waals surface area contributed by atoms with Crippen LogP contribution in [0.4, 0.5) is 0 Å². The Hall–Kier alpha value is -0.0900. The largest absolute Gasteiger partial charge is 0.469 e. The van der Waals surface area contributed by atoms with E-state index in [0.29, 0.717) is 0 Å². The van der Waals surface area contributed by atoms with Crippen molar-refractivity contribution < 1.29 is 44.0 Å². The molecule has 1 fully saturated rings. The number of aliphatic hydroxyl groups excluding tert-OH is 3. The van der Waals surface area contributed by atoms with Gasteiger partial charge in [-0.05, 0) is 0 Å². The number of ether oxygens (including phenoxy) is 1. The third-order valence-corrected chi connectivity index (χ3v) is 2.64. The minimum atomic E-state index is -4.73. The first-order valence-electron chi connectivity index (χ1n) is 4.27. The van der Waals surface area contributed by atoms with E-state index >= 15 is 0 Å². The highest BCUT2D eigenvalue weighted by Gasteiger charge is 2.53. The number of phosphoric ester groups is 1. The fourth-order valence-corrected chi connectivity index (χ4v) is 1.65. The van der Waals surface area contributed by atoms with Crippen LogP contribution in [0.3, 0.4) is 0 Å². The highest BCUT2D eigenvalue weighted by atomic mass is 31.2. The van der Waals surface area contributed by atoms with Gasteiger partial charge in [0.05, 0.1) is 13.2 Å². The van der Waals surface area contributed by atoms with Crippen LogP contribution in [0.1, 0.15) is 0 Å². The fraction of sp³-hybridized carbons (Fsp3) is 1.00. The highest BCUT2D eigenvalue weighted by molar-refractivity contribution is 7.46. The van der Waals surface area contributed by atoms with Gasteiger partial charge in [0, 0.05) is 0 Å². The van der Waals surface area contributed by atoms with Crippen molar-refractivity contribution in [3.63, 3.8) is 0 Å². The van der Waals surface area contributed by atoms with Crippen LogP contribution in [0.15, 0.2) is 0 Å². The van der Waals surface area contributed by atoms with Crippen LogP contribution in [-0.2, 0) is 13.8 Å². The second kappa shape index (κ2) is 4.65. The molecule has 0 unspecified atom stereocenters. The Morgan fingerprint density at radius 1 is 1.38 bits per heavy atom. The van der Waals surface area contributed by atoms with Crippen molar-refractivity contribution in [3.05, 3.63) is 0 Å². The molecule has 1 aliphatic heterocycles. The van der Waals surface area contributed by atoms with Gasteiger partial charge in [-0.15, -0.1) is 0 Å². The maximum Gasteiger partial charge on any atom is 0.469 e. The molecule has 16 heavy (non-hydrogen) atoms. The lowest BCUT2D eigenvalue weighted by Crippen LogP contribution is -2.46. The molecule has 0 radical (unpaired) electrons. The molecule has 10 heteroatoms. The van der Waals surface area contributed by atoms with Gasteiger partial charge >= 0.3 is 7.82 Å². The summed E-state index contributed by atoms with van der Waals surface area (Å²) in [6.45, 7) is -1.71. The molecule has 96 valence electrons. The number of hydrogen-bond donors (Lipinski definition) is 6. The smallest absolute Gasteiger partial charge is 0.391 e. The predicted molar refractivity (Wildman–Crippen MR) is 46.9 cm³/mol. The van der Waals surface area contributed by atoms with Crippen molar-refractivity contribution in [2.45, 2.75) is 24.1 Å². The number of hydrogen-bond acceptors (Lipinski definition) is 7. The minimum Gasteiger partial charge on any atom is -0.391 e. The van der Waals surface area contributed by atoms with Crippen LogP contribution < -0.4 is 0 Å². The van der Waals surface area contributed by atoms with Gasteiger partial charge in [-0.25, -0.2) is 4.57 Å². The molecule has 4 atom stereocenters. The molecule has 0 aromatic carbocycles. The lowest BCUT2D eigenvalue weighted by molar-refractivity contribution is -0.247. The zero-order valence-electron chi connectivity index (χ0n) is 8.00. The van der Waals surface area contributed by atoms with E-state index in [1.54, 1.807) is 0 Å². The molecule has 0 aromatic heterocycles. The summed E-state index contributed by atoms with van der Waals surface area (Å²) < 4.78 is 19.1. The number of phosphoric acid groups is 1. The summed E-state index contributed by atoms with van der Waals surface area (Å²) in [6.07, 6.45) is -4.76. The van der Waals surface area contributed by atoms with Gasteiger partial charge in [0.2, 0.25) is 5.79 Å². The second-order valence-corrected chi connectivity index (χ2v) is 4.62. The van der Waals surface area contributed by atoms with Gasteiger partial charge in [0.1, 0.15) is 18.3 Å². The fourth-order valence-electron chi connectivity index (χ4n) is 1.31. The van der Waals surface area contributed by atoms with Crippen molar-refractivity contribution in [3.8, 4) is 0 Å². The first-order valence-corrected chi connectivity index (χ1v) is 5.80. The molecule has 0 aliphatic carbocycles. The summed E-state index contributed by atoms with van der Waals surface area (Å²) in [5.41, 5.74) is 0. The van der Waals surface area contributed by atoms with E-state index in [1.165, 1.54) is 0 Å². The predicted octanol–water partition coefficient (Wildman–Crippen LogP) is -3.10. The maximum absolute atomic E-state index is 10.4. The van der Waals surface area contributed by atoms with Crippen LogP contribution in [0.25, 0.3) is 0 Å². The average Bonchev–Trinajstić information content (AvgIpc) is 2.40. The van der Waals surface area contributed by atoms with Crippen LogP contribution in [0.2, 0.25) is 0 Å². The lowest BCUT2D eigenvalue weighted by atomic mass is 10.1. The van der Waals surface area contributed by atoms with Crippen molar-refractivity contribution in [2.24, 2.45) is 0 Å². The monoisotopic (exact) mass is 260 g/mol. The van der Waals surface area contributed by atoms with Crippen molar-refractivity contribution in [1.82, 2.24) is 0 Å². The molecule has 1 heterocycles. The molecule has 9 nitrogen and oxygen atoms in total. The molecular formula is C6H13O9P. The van der Waals surface area contributed by atoms with Crippen molar-refractivity contribution >= 4 is 7.82 Å². The molecule has 0 aromatic rings. The molecule has 1 rings (SSSR count). The van der Waals surface area contributed by atoms with Crippen LogP contribution >= 0.6 is 7.82 Å². The topological polar surface area (TPSA) is 157 Å². The summed E-state index contributed by atoms with van der Waals surface area (Å²) in [4.78, 5) is 16.8. The number of aliphatic hydroxyl groups is 4. The van der Waals surface area contributed by atoms with E-state index in [2.05, 4.69) is 9.26 Å². The molecule has 0 spiro atoms. The Bertz CT molecular complexity index is 290. The van der Waals surface area contributed by atoms with E-state index in [1.807, 2.05) is 0 Å². The molecule has 1 saturated heterocycles. The van der Waals surface area contributed by atoms with Gasteiger partial charge in [0.15, 0.2) is 0 Å². The Morgan fingerprint density at radius 3 is 2.31 bits per heavy atom. The standard InChI is InChI=1S/C6H13O9P/c7-2-6(10)5(9)4(8)3(15-6)1-14-16(11,12)13/h3-5,7-10H,1-2H2,(H2,11,12,13)/t3-,4-,5+,6+/m1/s1. The van der Waals surface area contributed by atoms with E-state index in [4.69, 9.17) is 14.9 Å². The molecule has 6 N–H and O–H groups in total. The normalized spacial score (nSPS) is 40.2. The molecule has 0 saturated carbocycles. The minimum absolute atomic E-state index is 0.731. The molecule has 0 bridgehead atoms. The SMILES string of the molecule is O=P(O)(O)OC[C@H]1O[C@@](O)(CO)[C@@H](O)[C@@H]1O. The molecule has 0 amide bonds. The van der Waals surface area contributed by atoms with Gasteiger partial charge in [0.25, 0.3) is 0 Å². The summed E-state index contributed by atoms with van der Waals surface area (Å²) >= 11 is 0. The summed E-state index contributed by atoms with van der Waals surface area (Å²) in [5, 5.41) is 36.7. The van der Waals surface area contributed by atoms with Crippen molar-refractivity contribution in [1.29, 1.82) is 0 Å². The Kier molecular flexibility index (Phi) is 4.06. The highest BCUT2D eigenvalue weighted by Crippen LogP contribution is 2.38. The average molecular weight is 260 g/mol. The summed E-state index contributed by atoms with van der Waals surface area (Å²) in [7, 11) is -4.73. The zero-order valence-corrected chi connectivity index (χ0v) is 8.90. The van der Waals surface area contributed by atoms with Gasteiger partial charge < -0.3 is 34.9 Å². The van der Waals surface area contributed by atoms with E-state index < -0.39 is 45.1 Å². The van der Waals surface area contributed by atoms with Crippen LogP contribution in [-0.4, -0.2) is 67.5 Å². The lowest BCUT2D eigenvalue weighted by Gasteiger charge is -2.22. The van der Waals surface area contributed by atoms with Crippen molar-refractivity contribution in [2.75, 3.05) is 13.2 Å². The number of rotatable bonds is 4. The van der Waals surface area contributed by atoms with Gasteiger partial charge in [-0.1, -0.05) is 0 Å². The first kappa shape index (κ1) is 14.0. The molecular weight excluding hydrogens is 247 g/mol. The van der Waals surface area contributed by atoms with Gasteiger partial charge in [-0.3, -0.25) is 4.52 Å². The third kappa shape index (κ3) is 2.98. The maximum atomic E-state index is 10.4. The zero-order chi connectivity index (χ0) is 12.6. The van der Waals surface area contributed by atoms with E-state index in [-0.39, 0.29) is 0 Å². The van der Waals surface area contributed by atoms with Crippen LogP contribution in [0, 0.1) is 0 Å². The van der Waals surface area contributed by atoms with E-state index in [9.17, 15) is 19.9 Å². The Balaban J connectivity index is 2.61. The van der Waals surface area contributed by atoms with E-state index in [0.717, 1.165) is 0 Å². The third-order valence-electron chi connectivity index (χ3n) is 2.16. The quantitative estimate of drug-likeness (QED) is 0.288. The Labute approximate surface area is 90.1 Å². The van der Waals surface area contributed by atoms with Gasteiger partial charge in [-0.2, -0.15) is 0 Å². The molecule has 1 aliphatic rings. The second-order valence-electron chi connectivity index (χ2n) is 3.38. The first-order chi connectivity index (χ1) is 7.19. The Morgan fingerprint density at radius 2 is 1.94 bits per heavy atom. The summed E-state index contributed by atoms with van der Waals surface area (Å²) in [6, 6.07) is 0. The summed E-state index contributed by atoms with van der Waals surface area (Å²) in [5.74, 6) is -2.36.